The number of primary amides is 1. The van der Waals surface area contributed by atoms with Crippen LogP contribution < -0.4 is 5.73 Å². The van der Waals surface area contributed by atoms with Crippen LogP contribution in [-0.4, -0.2) is 52.8 Å². The van der Waals surface area contributed by atoms with E-state index in [1.807, 2.05) is 32.0 Å². The SMILES string of the molecule is CC(C)CC(CC(=O)N1CCc2ccccc2C1)C(=O)OC1(C)C(=O)COC1(C)C(N)=O. The second kappa shape index (κ2) is 9.02. The van der Waals surface area contributed by atoms with Crippen LogP contribution in [-0.2, 0) is 41.6 Å². The molecular formula is C24H32N2O6. The van der Waals surface area contributed by atoms with Crippen molar-refractivity contribution < 1.29 is 28.7 Å². The largest absolute Gasteiger partial charge is 0.447 e. The Bertz CT molecular complexity index is 929. The lowest BCUT2D eigenvalue weighted by atomic mass is 9.83. The molecule has 0 bridgehead atoms. The lowest BCUT2D eigenvalue weighted by Crippen LogP contribution is -2.60. The molecule has 1 aromatic rings. The van der Waals surface area contributed by atoms with Crippen LogP contribution in [0.15, 0.2) is 24.3 Å². The molecule has 3 unspecified atom stereocenters. The number of ketones is 1. The third kappa shape index (κ3) is 4.41. The maximum atomic E-state index is 13.2. The maximum Gasteiger partial charge on any atom is 0.310 e. The van der Waals surface area contributed by atoms with E-state index in [-0.39, 0.29) is 24.9 Å². The second-order valence-electron chi connectivity index (χ2n) is 9.43. The first-order valence-electron chi connectivity index (χ1n) is 11.0. The minimum Gasteiger partial charge on any atom is -0.447 e. The van der Waals surface area contributed by atoms with Gasteiger partial charge in [-0.3, -0.25) is 19.2 Å². The Kier molecular flexibility index (Phi) is 6.74. The van der Waals surface area contributed by atoms with Crippen molar-refractivity contribution in [3.63, 3.8) is 0 Å². The lowest BCUT2D eigenvalue weighted by Gasteiger charge is -2.36. The highest BCUT2D eigenvalue weighted by atomic mass is 16.6. The van der Waals surface area contributed by atoms with Crippen LogP contribution in [0.1, 0.15) is 51.7 Å². The first-order valence-corrected chi connectivity index (χ1v) is 11.0. The molecule has 2 heterocycles. The van der Waals surface area contributed by atoms with E-state index in [0.717, 1.165) is 12.0 Å². The van der Waals surface area contributed by atoms with Gasteiger partial charge in [0.25, 0.3) is 5.91 Å². The molecule has 32 heavy (non-hydrogen) atoms. The number of carbonyl (C=O) groups excluding carboxylic acids is 4. The number of nitrogens with zero attached hydrogens (tertiary/aromatic N) is 1. The van der Waals surface area contributed by atoms with Crippen molar-refractivity contribution in [2.45, 2.75) is 64.7 Å². The van der Waals surface area contributed by atoms with Gasteiger partial charge in [0.15, 0.2) is 5.60 Å². The van der Waals surface area contributed by atoms with Gasteiger partial charge >= 0.3 is 5.97 Å². The summed E-state index contributed by atoms with van der Waals surface area (Å²) in [5.41, 5.74) is 4.19. The molecule has 2 N–H and O–H groups in total. The normalized spacial score (nSPS) is 26.0. The van der Waals surface area contributed by atoms with Gasteiger partial charge in [-0.05, 0) is 43.7 Å². The molecule has 1 aromatic carbocycles. The molecule has 2 amide bonds. The van der Waals surface area contributed by atoms with Crippen molar-refractivity contribution >= 4 is 23.6 Å². The number of hydrogen-bond acceptors (Lipinski definition) is 6. The number of fused-ring (bicyclic) bond motifs is 1. The van der Waals surface area contributed by atoms with Gasteiger partial charge in [-0.1, -0.05) is 38.1 Å². The van der Waals surface area contributed by atoms with Gasteiger partial charge in [0.1, 0.15) is 6.61 Å². The standard InChI is InChI=1S/C24H32N2O6/c1-15(2)11-18(12-20(28)26-10-9-16-7-5-6-8-17(16)13-26)21(29)32-23(3)19(27)14-31-24(23,4)22(25)30/h5-8,15,18H,9-14H2,1-4H3,(H2,25,30). The Labute approximate surface area is 188 Å². The number of nitrogens with two attached hydrogens (primary N) is 1. The highest BCUT2D eigenvalue weighted by molar-refractivity contribution is 6.02. The quantitative estimate of drug-likeness (QED) is 0.641. The summed E-state index contributed by atoms with van der Waals surface area (Å²) in [5.74, 6) is -2.89. The Balaban J connectivity index is 1.75. The van der Waals surface area contributed by atoms with Crippen molar-refractivity contribution in [2.24, 2.45) is 17.6 Å². The first kappa shape index (κ1) is 23.9. The lowest BCUT2D eigenvalue weighted by molar-refractivity contribution is -0.186. The molecule has 2 aliphatic heterocycles. The molecule has 3 rings (SSSR count). The molecule has 0 saturated carbocycles. The topological polar surface area (TPSA) is 116 Å². The summed E-state index contributed by atoms with van der Waals surface area (Å²) in [4.78, 5) is 52.5. The highest BCUT2D eigenvalue weighted by Crippen LogP contribution is 2.38. The van der Waals surface area contributed by atoms with E-state index in [1.54, 1.807) is 4.90 Å². The van der Waals surface area contributed by atoms with Crippen molar-refractivity contribution in [1.82, 2.24) is 4.90 Å². The molecule has 174 valence electrons. The molecule has 0 aliphatic carbocycles. The van der Waals surface area contributed by atoms with E-state index in [2.05, 4.69) is 6.07 Å². The summed E-state index contributed by atoms with van der Waals surface area (Å²) in [6.07, 6.45) is 1.15. The summed E-state index contributed by atoms with van der Waals surface area (Å²) in [6.45, 7) is 7.31. The molecule has 8 heteroatoms. The number of Topliss-reactive ketones (excluding diaryl/α,β-unsaturated/α-hetero) is 1. The molecule has 1 saturated heterocycles. The van der Waals surface area contributed by atoms with Gasteiger partial charge in [-0.2, -0.15) is 0 Å². The van der Waals surface area contributed by atoms with Gasteiger partial charge in [0.05, 0.1) is 5.92 Å². The Hall–Kier alpha value is -2.74. The van der Waals surface area contributed by atoms with Crippen LogP contribution in [0.25, 0.3) is 0 Å². The van der Waals surface area contributed by atoms with Crippen LogP contribution in [0.5, 0.6) is 0 Å². The zero-order valence-corrected chi connectivity index (χ0v) is 19.2. The minimum atomic E-state index is -1.84. The Morgan fingerprint density at radius 1 is 1.19 bits per heavy atom. The second-order valence-corrected chi connectivity index (χ2v) is 9.43. The Morgan fingerprint density at radius 3 is 2.47 bits per heavy atom. The van der Waals surface area contributed by atoms with Gasteiger partial charge in [0.2, 0.25) is 17.3 Å². The number of carbonyl (C=O) groups is 4. The van der Waals surface area contributed by atoms with E-state index in [4.69, 9.17) is 15.2 Å². The zero-order chi connectivity index (χ0) is 23.7. The van der Waals surface area contributed by atoms with Crippen LogP contribution >= 0.6 is 0 Å². The average molecular weight is 445 g/mol. The van der Waals surface area contributed by atoms with Crippen molar-refractivity contribution in [2.75, 3.05) is 13.2 Å². The molecule has 1 fully saturated rings. The third-order valence-corrected chi connectivity index (χ3v) is 6.70. The van der Waals surface area contributed by atoms with Crippen molar-refractivity contribution in [3.05, 3.63) is 35.4 Å². The maximum absolute atomic E-state index is 13.2. The molecule has 0 radical (unpaired) electrons. The van der Waals surface area contributed by atoms with Crippen molar-refractivity contribution in [1.29, 1.82) is 0 Å². The summed E-state index contributed by atoms with van der Waals surface area (Å²) in [7, 11) is 0. The average Bonchev–Trinajstić information content (AvgIpc) is 2.97. The van der Waals surface area contributed by atoms with Crippen LogP contribution in [0.3, 0.4) is 0 Å². The number of benzene rings is 1. The molecule has 2 aliphatic rings. The van der Waals surface area contributed by atoms with E-state index >= 15 is 0 Å². The Morgan fingerprint density at radius 2 is 1.84 bits per heavy atom. The van der Waals surface area contributed by atoms with E-state index < -0.39 is 34.8 Å². The van der Waals surface area contributed by atoms with Crippen molar-refractivity contribution in [3.8, 4) is 0 Å². The van der Waals surface area contributed by atoms with Crippen LogP contribution in [0, 0.1) is 11.8 Å². The fraction of sp³-hybridized carbons (Fsp3) is 0.583. The van der Waals surface area contributed by atoms with Crippen LogP contribution in [0.4, 0.5) is 0 Å². The van der Waals surface area contributed by atoms with Gasteiger partial charge in [0, 0.05) is 19.5 Å². The molecule has 8 nitrogen and oxygen atoms in total. The smallest absolute Gasteiger partial charge is 0.310 e. The van der Waals surface area contributed by atoms with Crippen LogP contribution in [0.2, 0.25) is 0 Å². The first-order chi connectivity index (χ1) is 15.0. The molecule has 3 atom stereocenters. The predicted molar refractivity (Wildman–Crippen MR) is 116 cm³/mol. The number of ether oxygens (including phenoxy) is 2. The summed E-state index contributed by atoms with van der Waals surface area (Å²) >= 11 is 0. The molecular weight excluding hydrogens is 412 g/mol. The van der Waals surface area contributed by atoms with E-state index in [9.17, 15) is 19.2 Å². The monoisotopic (exact) mass is 444 g/mol. The number of amides is 2. The van der Waals surface area contributed by atoms with Gasteiger partial charge < -0.3 is 20.1 Å². The predicted octanol–water partition coefficient (Wildman–Crippen LogP) is 1.77. The fourth-order valence-electron chi connectivity index (χ4n) is 4.38. The summed E-state index contributed by atoms with van der Waals surface area (Å²) < 4.78 is 10.9. The van der Waals surface area contributed by atoms with E-state index in [0.29, 0.717) is 19.5 Å². The third-order valence-electron chi connectivity index (χ3n) is 6.70. The number of rotatable bonds is 7. The number of hydrogen-bond donors (Lipinski definition) is 1. The summed E-state index contributed by atoms with van der Waals surface area (Å²) in [5, 5.41) is 0. The number of esters is 1. The molecule has 0 spiro atoms. The van der Waals surface area contributed by atoms with Gasteiger partial charge in [-0.25, -0.2) is 0 Å². The van der Waals surface area contributed by atoms with Gasteiger partial charge in [-0.15, -0.1) is 0 Å². The highest BCUT2D eigenvalue weighted by Gasteiger charge is 2.63. The minimum absolute atomic E-state index is 0.0302. The fourth-order valence-corrected chi connectivity index (χ4v) is 4.38. The molecule has 0 aromatic heterocycles. The zero-order valence-electron chi connectivity index (χ0n) is 19.2. The van der Waals surface area contributed by atoms with E-state index in [1.165, 1.54) is 19.4 Å². The summed E-state index contributed by atoms with van der Waals surface area (Å²) in [6, 6.07) is 8.00.